The van der Waals surface area contributed by atoms with Gasteiger partial charge in [-0.1, -0.05) is 30.3 Å². The number of aldehydes is 1. The number of aryl methyl sites for hydroxylation is 3. The second kappa shape index (κ2) is 6.90. The van der Waals surface area contributed by atoms with Crippen molar-refractivity contribution in [3.8, 4) is 5.75 Å². The zero-order valence-electron chi connectivity index (χ0n) is 12.1. The van der Waals surface area contributed by atoms with Gasteiger partial charge in [-0.3, -0.25) is 4.79 Å². The molecule has 0 aliphatic carbocycles. The van der Waals surface area contributed by atoms with Crippen LogP contribution in [0.4, 0.5) is 0 Å². The average molecular weight is 268 g/mol. The lowest BCUT2D eigenvalue weighted by Gasteiger charge is -2.12. The van der Waals surface area contributed by atoms with Crippen LogP contribution < -0.4 is 4.74 Å². The summed E-state index contributed by atoms with van der Waals surface area (Å²) in [7, 11) is 0. The molecule has 0 saturated heterocycles. The van der Waals surface area contributed by atoms with Crippen LogP contribution in [0.15, 0.2) is 42.5 Å². The highest BCUT2D eigenvalue weighted by Crippen LogP contribution is 2.24. The van der Waals surface area contributed by atoms with Gasteiger partial charge in [-0.15, -0.1) is 0 Å². The lowest BCUT2D eigenvalue weighted by atomic mass is 10.1. The normalized spacial score (nSPS) is 10.3. The molecular formula is C18H20O2. The fraction of sp³-hybridized carbons (Fsp3) is 0.278. The lowest BCUT2D eigenvalue weighted by molar-refractivity contribution is 0.112. The van der Waals surface area contributed by atoms with E-state index in [1.807, 2.05) is 32.0 Å². The van der Waals surface area contributed by atoms with Crippen LogP contribution in [0, 0.1) is 13.8 Å². The highest BCUT2D eigenvalue weighted by atomic mass is 16.5. The van der Waals surface area contributed by atoms with E-state index in [-0.39, 0.29) is 0 Å². The maximum atomic E-state index is 10.8. The predicted molar refractivity (Wildman–Crippen MR) is 81.6 cm³/mol. The van der Waals surface area contributed by atoms with Crippen molar-refractivity contribution in [2.75, 3.05) is 6.61 Å². The molecule has 0 unspecified atom stereocenters. The molecule has 0 radical (unpaired) electrons. The minimum Gasteiger partial charge on any atom is -0.493 e. The third-order valence-corrected chi connectivity index (χ3v) is 3.32. The van der Waals surface area contributed by atoms with Crippen LogP contribution in [0.2, 0.25) is 0 Å². The van der Waals surface area contributed by atoms with E-state index in [0.717, 1.165) is 36.0 Å². The Labute approximate surface area is 120 Å². The lowest BCUT2D eigenvalue weighted by Crippen LogP contribution is -2.03. The molecule has 0 fully saturated rings. The summed E-state index contributed by atoms with van der Waals surface area (Å²) in [6.45, 7) is 4.65. The highest BCUT2D eigenvalue weighted by molar-refractivity contribution is 5.76. The zero-order chi connectivity index (χ0) is 14.4. The summed E-state index contributed by atoms with van der Waals surface area (Å²) in [6.07, 6.45) is 2.88. The SMILES string of the molecule is Cc1cc(C=O)cc(C)c1OCCCc1ccccc1. The van der Waals surface area contributed by atoms with E-state index in [1.165, 1.54) is 5.56 Å². The standard InChI is InChI=1S/C18H20O2/c1-14-11-17(13-19)12-15(2)18(14)20-10-6-9-16-7-4-3-5-8-16/h3-5,7-8,11-13H,6,9-10H2,1-2H3. The summed E-state index contributed by atoms with van der Waals surface area (Å²) in [5, 5.41) is 0. The summed E-state index contributed by atoms with van der Waals surface area (Å²) in [4.78, 5) is 10.8. The molecule has 0 N–H and O–H groups in total. The van der Waals surface area contributed by atoms with Crippen LogP contribution in [0.1, 0.15) is 33.5 Å². The van der Waals surface area contributed by atoms with Gasteiger partial charge in [-0.25, -0.2) is 0 Å². The molecule has 2 rings (SSSR count). The third-order valence-electron chi connectivity index (χ3n) is 3.32. The van der Waals surface area contributed by atoms with Crippen LogP contribution in [0.5, 0.6) is 5.75 Å². The Bertz CT molecular complexity index is 550. The Morgan fingerprint density at radius 3 is 2.30 bits per heavy atom. The van der Waals surface area contributed by atoms with Crippen LogP contribution in [0.25, 0.3) is 0 Å². The van der Waals surface area contributed by atoms with Gasteiger partial charge >= 0.3 is 0 Å². The minimum absolute atomic E-state index is 0.691. The largest absolute Gasteiger partial charge is 0.493 e. The molecule has 0 spiro atoms. The van der Waals surface area contributed by atoms with Crippen LogP contribution in [-0.2, 0) is 6.42 Å². The molecule has 2 aromatic rings. The van der Waals surface area contributed by atoms with Gasteiger partial charge in [-0.2, -0.15) is 0 Å². The number of hydrogen-bond donors (Lipinski definition) is 0. The van der Waals surface area contributed by atoms with E-state index in [4.69, 9.17) is 4.74 Å². The molecule has 0 aromatic heterocycles. The third kappa shape index (κ3) is 3.70. The van der Waals surface area contributed by atoms with Crippen molar-refractivity contribution in [2.24, 2.45) is 0 Å². The molecule has 0 saturated carbocycles. The molecule has 0 bridgehead atoms. The summed E-state index contributed by atoms with van der Waals surface area (Å²) < 4.78 is 5.87. The van der Waals surface area contributed by atoms with Crippen LogP contribution in [-0.4, -0.2) is 12.9 Å². The zero-order valence-corrected chi connectivity index (χ0v) is 12.1. The maximum absolute atomic E-state index is 10.8. The smallest absolute Gasteiger partial charge is 0.150 e. The van der Waals surface area contributed by atoms with Crippen molar-refractivity contribution in [1.29, 1.82) is 0 Å². The molecule has 20 heavy (non-hydrogen) atoms. The summed E-state index contributed by atoms with van der Waals surface area (Å²) in [6, 6.07) is 14.1. The Kier molecular flexibility index (Phi) is 4.94. The summed E-state index contributed by atoms with van der Waals surface area (Å²) in [5.41, 5.74) is 4.08. The van der Waals surface area contributed by atoms with E-state index in [9.17, 15) is 4.79 Å². The highest BCUT2D eigenvalue weighted by Gasteiger charge is 2.06. The molecule has 2 aromatic carbocycles. The molecule has 0 amide bonds. The van der Waals surface area contributed by atoms with E-state index in [0.29, 0.717) is 12.2 Å². The minimum atomic E-state index is 0.691. The first-order chi connectivity index (χ1) is 9.70. The molecule has 0 atom stereocenters. The van der Waals surface area contributed by atoms with Gasteiger partial charge in [0.1, 0.15) is 12.0 Å². The fourth-order valence-electron chi connectivity index (χ4n) is 2.37. The van der Waals surface area contributed by atoms with Crippen molar-refractivity contribution in [2.45, 2.75) is 26.7 Å². The number of carbonyl (C=O) groups is 1. The van der Waals surface area contributed by atoms with Crippen molar-refractivity contribution < 1.29 is 9.53 Å². The number of benzene rings is 2. The Hall–Kier alpha value is -2.09. The monoisotopic (exact) mass is 268 g/mol. The van der Waals surface area contributed by atoms with Gasteiger partial charge in [0.25, 0.3) is 0 Å². The van der Waals surface area contributed by atoms with Gasteiger partial charge in [0, 0.05) is 5.56 Å². The van der Waals surface area contributed by atoms with Crippen molar-refractivity contribution >= 4 is 6.29 Å². The Balaban J connectivity index is 1.90. The number of carbonyl (C=O) groups excluding carboxylic acids is 1. The molecule has 2 nitrogen and oxygen atoms in total. The topological polar surface area (TPSA) is 26.3 Å². The molecule has 104 valence electrons. The fourth-order valence-corrected chi connectivity index (χ4v) is 2.37. The average Bonchev–Trinajstić information content (AvgIpc) is 2.46. The Morgan fingerprint density at radius 2 is 1.70 bits per heavy atom. The van der Waals surface area contributed by atoms with Gasteiger partial charge in [-0.05, 0) is 55.5 Å². The summed E-state index contributed by atoms with van der Waals surface area (Å²) >= 11 is 0. The van der Waals surface area contributed by atoms with Gasteiger partial charge in [0.05, 0.1) is 6.61 Å². The molecule has 2 heteroatoms. The first-order valence-corrected chi connectivity index (χ1v) is 6.94. The molecule has 0 heterocycles. The first-order valence-electron chi connectivity index (χ1n) is 6.94. The molecular weight excluding hydrogens is 248 g/mol. The first kappa shape index (κ1) is 14.3. The van der Waals surface area contributed by atoms with Crippen molar-refractivity contribution in [1.82, 2.24) is 0 Å². The molecule has 0 aliphatic rings. The Morgan fingerprint density at radius 1 is 1.05 bits per heavy atom. The van der Waals surface area contributed by atoms with E-state index in [1.54, 1.807) is 0 Å². The van der Waals surface area contributed by atoms with E-state index >= 15 is 0 Å². The van der Waals surface area contributed by atoms with Crippen LogP contribution in [0.3, 0.4) is 0 Å². The van der Waals surface area contributed by atoms with E-state index in [2.05, 4.69) is 24.3 Å². The maximum Gasteiger partial charge on any atom is 0.150 e. The quantitative estimate of drug-likeness (QED) is 0.581. The number of hydrogen-bond acceptors (Lipinski definition) is 2. The number of rotatable bonds is 6. The van der Waals surface area contributed by atoms with Gasteiger partial charge in [0.2, 0.25) is 0 Å². The second-order valence-electron chi connectivity index (χ2n) is 5.04. The van der Waals surface area contributed by atoms with Crippen molar-refractivity contribution in [3.63, 3.8) is 0 Å². The predicted octanol–water partition coefficient (Wildman–Crippen LogP) is 4.13. The van der Waals surface area contributed by atoms with Crippen molar-refractivity contribution in [3.05, 3.63) is 64.7 Å². The van der Waals surface area contributed by atoms with E-state index < -0.39 is 0 Å². The summed E-state index contributed by atoms with van der Waals surface area (Å²) in [5.74, 6) is 0.906. The van der Waals surface area contributed by atoms with Gasteiger partial charge < -0.3 is 4.74 Å². The van der Waals surface area contributed by atoms with Gasteiger partial charge in [0.15, 0.2) is 0 Å². The number of ether oxygens (including phenoxy) is 1. The van der Waals surface area contributed by atoms with Crippen LogP contribution >= 0.6 is 0 Å². The second-order valence-corrected chi connectivity index (χ2v) is 5.04. The molecule has 0 aliphatic heterocycles.